The number of aromatic nitrogens is 6. The third-order valence-corrected chi connectivity index (χ3v) is 8.45. The lowest BCUT2D eigenvalue weighted by Gasteiger charge is -2.13. The maximum absolute atomic E-state index is 5.45. The van der Waals surface area contributed by atoms with Crippen LogP contribution < -0.4 is 0 Å². The van der Waals surface area contributed by atoms with Crippen LogP contribution in [-0.2, 0) is 0 Å². The molecule has 1 aliphatic rings. The van der Waals surface area contributed by atoms with E-state index in [1.807, 2.05) is 36.4 Å². The summed E-state index contributed by atoms with van der Waals surface area (Å²) >= 11 is 0. The van der Waals surface area contributed by atoms with Gasteiger partial charge in [-0.3, -0.25) is 9.13 Å². The van der Waals surface area contributed by atoms with E-state index in [0.29, 0.717) is 17.6 Å². The Morgan fingerprint density at radius 3 is 1.84 bits per heavy atom. The number of allylic oxidation sites excluding steroid dienone is 4. The molecule has 1 aliphatic carbocycles. The summed E-state index contributed by atoms with van der Waals surface area (Å²) in [7, 11) is 0. The molecule has 0 fully saturated rings. The minimum atomic E-state index is 0.560. The summed E-state index contributed by atoms with van der Waals surface area (Å²) in [5.74, 6) is 1.90. The van der Waals surface area contributed by atoms with E-state index in [1.54, 1.807) is 0 Å². The molecule has 0 spiro atoms. The average molecular weight is 567 g/mol. The summed E-state index contributed by atoms with van der Waals surface area (Å²) in [4.78, 5) is 20.6. The lowest BCUT2D eigenvalue weighted by atomic mass is 10.0. The van der Waals surface area contributed by atoms with Crippen molar-refractivity contribution in [2.24, 2.45) is 0 Å². The number of rotatable bonds is 4. The Bertz CT molecular complexity index is 2430. The number of para-hydroxylation sites is 3. The third-order valence-electron chi connectivity index (χ3n) is 8.45. The van der Waals surface area contributed by atoms with E-state index < -0.39 is 0 Å². The fourth-order valence-corrected chi connectivity index (χ4v) is 6.41. The Balaban J connectivity index is 1.40. The zero-order valence-corrected chi connectivity index (χ0v) is 23.8. The molecule has 0 atom stereocenters. The minimum absolute atomic E-state index is 0.560. The van der Waals surface area contributed by atoms with Gasteiger partial charge in [-0.2, -0.15) is 9.97 Å². The molecule has 0 amide bonds. The first-order chi connectivity index (χ1) is 21.8. The van der Waals surface area contributed by atoms with E-state index in [2.05, 4.69) is 106 Å². The van der Waals surface area contributed by atoms with Gasteiger partial charge in [0.1, 0.15) is 5.65 Å². The van der Waals surface area contributed by atoms with E-state index in [4.69, 9.17) is 19.9 Å². The van der Waals surface area contributed by atoms with Crippen molar-refractivity contribution in [1.29, 1.82) is 0 Å². The number of hydrogen-bond acceptors (Lipinski definition) is 4. The van der Waals surface area contributed by atoms with Gasteiger partial charge in [0.15, 0.2) is 17.3 Å². The van der Waals surface area contributed by atoms with Crippen LogP contribution in [0.2, 0.25) is 0 Å². The third kappa shape index (κ3) is 3.81. The van der Waals surface area contributed by atoms with Crippen LogP contribution >= 0.6 is 0 Å². The topological polar surface area (TPSA) is 61.4 Å². The highest BCUT2D eigenvalue weighted by atomic mass is 15.2. The molecule has 4 aromatic heterocycles. The fourth-order valence-electron chi connectivity index (χ4n) is 6.41. The second-order valence-corrected chi connectivity index (χ2v) is 11.1. The Hall–Kier alpha value is -5.88. The number of nitrogens with zero attached hydrogens (tertiary/aromatic N) is 6. The van der Waals surface area contributed by atoms with Crippen LogP contribution in [0, 0.1) is 0 Å². The smallest absolute Gasteiger partial charge is 0.239 e. The summed E-state index contributed by atoms with van der Waals surface area (Å²) in [5.41, 5.74) is 6.96. The Morgan fingerprint density at radius 2 is 1.14 bits per heavy atom. The number of hydrogen-bond donors (Lipinski definition) is 0. The normalized spacial score (nSPS) is 13.3. The molecule has 0 radical (unpaired) electrons. The lowest BCUT2D eigenvalue weighted by Crippen LogP contribution is -2.09. The molecule has 0 N–H and O–H groups in total. The van der Waals surface area contributed by atoms with E-state index >= 15 is 0 Å². The van der Waals surface area contributed by atoms with E-state index in [9.17, 15) is 0 Å². The zero-order chi connectivity index (χ0) is 29.0. The minimum Gasteiger partial charge on any atom is -0.294 e. The molecule has 0 saturated heterocycles. The molecule has 6 nitrogen and oxygen atoms in total. The number of pyridine rings is 1. The molecule has 0 saturated carbocycles. The van der Waals surface area contributed by atoms with Gasteiger partial charge in [-0.15, -0.1) is 0 Å². The predicted octanol–water partition coefficient (Wildman–Crippen LogP) is 8.86. The number of benzene rings is 4. The Kier molecular flexibility index (Phi) is 5.53. The van der Waals surface area contributed by atoms with Crippen molar-refractivity contribution in [3.05, 3.63) is 139 Å². The summed E-state index contributed by atoms with van der Waals surface area (Å²) in [5, 5.41) is 4.45. The van der Waals surface area contributed by atoms with Crippen LogP contribution in [-0.4, -0.2) is 29.1 Å². The largest absolute Gasteiger partial charge is 0.294 e. The second-order valence-electron chi connectivity index (χ2n) is 11.1. The monoisotopic (exact) mass is 566 g/mol. The fraction of sp³-hybridized carbons (Fsp3) is 0.0526. The van der Waals surface area contributed by atoms with Gasteiger partial charge in [0.2, 0.25) is 5.95 Å². The van der Waals surface area contributed by atoms with Crippen LogP contribution in [0.15, 0.2) is 133 Å². The molecule has 0 aliphatic heterocycles. The van der Waals surface area contributed by atoms with Crippen molar-refractivity contribution in [1.82, 2.24) is 29.1 Å². The molecule has 4 heterocycles. The quantitative estimate of drug-likeness (QED) is 0.213. The molecular weight excluding hydrogens is 540 g/mol. The molecule has 0 bridgehead atoms. The van der Waals surface area contributed by atoms with Crippen molar-refractivity contribution in [2.45, 2.75) is 12.8 Å². The van der Waals surface area contributed by atoms with Crippen molar-refractivity contribution in [3.63, 3.8) is 0 Å². The van der Waals surface area contributed by atoms with Gasteiger partial charge < -0.3 is 0 Å². The van der Waals surface area contributed by atoms with Gasteiger partial charge in [-0.25, -0.2) is 9.97 Å². The van der Waals surface area contributed by atoms with Crippen molar-refractivity contribution in [2.75, 3.05) is 0 Å². The Labute approximate surface area is 253 Å². The van der Waals surface area contributed by atoms with Crippen LogP contribution in [0.4, 0.5) is 0 Å². The highest BCUT2D eigenvalue weighted by Crippen LogP contribution is 2.37. The van der Waals surface area contributed by atoms with Crippen molar-refractivity contribution >= 4 is 49.4 Å². The van der Waals surface area contributed by atoms with E-state index in [-0.39, 0.29) is 0 Å². The highest BCUT2D eigenvalue weighted by molar-refractivity contribution is 6.16. The maximum atomic E-state index is 5.45. The Morgan fingerprint density at radius 1 is 0.523 bits per heavy atom. The van der Waals surface area contributed by atoms with Crippen LogP contribution in [0.25, 0.3) is 72.5 Å². The summed E-state index contributed by atoms with van der Waals surface area (Å²) in [6, 6.07) is 39.8. The number of fused-ring (bicyclic) bond motifs is 6. The summed E-state index contributed by atoms with van der Waals surface area (Å²) in [6.07, 6.45) is 8.23. The van der Waals surface area contributed by atoms with Crippen molar-refractivity contribution < 1.29 is 0 Å². The van der Waals surface area contributed by atoms with Gasteiger partial charge >= 0.3 is 0 Å². The van der Waals surface area contributed by atoms with E-state index in [1.165, 1.54) is 5.39 Å². The molecule has 4 aromatic carbocycles. The SMILES string of the molecule is C1=CCCC(c2nc(-c3ccccc3)nc(-n3c4ccccc4c4cc5c6ccccc6n(-c6ccccc6)c5nc43)n2)=C1. The van der Waals surface area contributed by atoms with Gasteiger partial charge in [-0.1, -0.05) is 103 Å². The molecule has 8 aromatic rings. The van der Waals surface area contributed by atoms with Gasteiger partial charge in [0.05, 0.1) is 11.0 Å². The van der Waals surface area contributed by atoms with Crippen LogP contribution in [0.1, 0.15) is 18.7 Å². The molecular formula is C38H26N6. The molecule has 9 rings (SSSR count). The van der Waals surface area contributed by atoms with Gasteiger partial charge in [-0.05, 0) is 48.7 Å². The van der Waals surface area contributed by atoms with Crippen LogP contribution in [0.5, 0.6) is 0 Å². The second kappa shape index (κ2) is 9.85. The molecule has 44 heavy (non-hydrogen) atoms. The first-order valence-corrected chi connectivity index (χ1v) is 14.9. The molecule has 0 unspecified atom stereocenters. The summed E-state index contributed by atoms with van der Waals surface area (Å²) < 4.78 is 4.35. The maximum Gasteiger partial charge on any atom is 0.239 e. The molecule has 6 heteroatoms. The highest BCUT2D eigenvalue weighted by Gasteiger charge is 2.22. The first-order valence-electron chi connectivity index (χ1n) is 14.9. The molecule has 208 valence electrons. The first kappa shape index (κ1) is 24.7. The van der Waals surface area contributed by atoms with Crippen LogP contribution in [0.3, 0.4) is 0 Å². The van der Waals surface area contributed by atoms with Gasteiger partial charge in [0.25, 0.3) is 0 Å². The predicted molar refractivity (Wildman–Crippen MR) is 178 cm³/mol. The zero-order valence-electron chi connectivity index (χ0n) is 23.8. The average Bonchev–Trinajstić information content (AvgIpc) is 3.60. The standard InChI is InChI=1S/C38H26N6/c1-4-14-25(15-5-1)34-39-35(26-16-6-2-7-17-26)41-38(40-34)44-33-23-13-11-21-29(33)31-24-30-28-20-10-12-22-32(28)43(36(30)42-37(31)44)27-18-8-3-9-19-27/h1-6,8-16,18-24H,7,17H2. The van der Waals surface area contributed by atoms with Crippen molar-refractivity contribution in [3.8, 4) is 23.0 Å². The van der Waals surface area contributed by atoms with Gasteiger partial charge in [0, 0.05) is 32.8 Å². The summed E-state index contributed by atoms with van der Waals surface area (Å²) in [6.45, 7) is 0. The van der Waals surface area contributed by atoms with E-state index in [0.717, 1.165) is 68.2 Å². The lowest BCUT2D eigenvalue weighted by molar-refractivity contribution is 0.908.